The summed E-state index contributed by atoms with van der Waals surface area (Å²) in [7, 11) is 0. The third-order valence-corrected chi connectivity index (χ3v) is 3.93. The second kappa shape index (κ2) is 7.89. The van der Waals surface area contributed by atoms with Crippen LogP contribution in [0.4, 0.5) is 8.78 Å². The van der Waals surface area contributed by atoms with Crippen LogP contribution in [0.25, 0.3) is 0 Å². The van der Waals surface area contributed by atoms with Crippen molar-refractivity contribution in [3.05, 3.63) is 29.8 Å². The van der Waals surface area contributed by atoms with Crippen molar-refractivity contribution in [1.82, 2.24) is 4.90 Å². The Kier molecular flexibility index (Phi) is 5.90. The zero-order valence-electron chi connectivity index (χ0n) is 12.6. The van der Waals surface area contributed by atoms with E-state index in [2.05, 4.69) is 4.74 Å². The number of halogens is 2. The van der Waals surface area contributed by atoms with E-state index in [4.69, 9.17) is 5.11 Å². The minimum atomic E-state index is -2.87. The molecule has 1 N–H and O–H groups in total. The van der Waals surface area contributed by atoms with Gasteiger partial charge in [-0.05, 0) is 36.5 Å². The van der Waals surface area contributed by atoms with E-state index in [-0.39, 0.29) is 30.4 Å². The summed E-state index contributed by atoms with van der Waals surface area (Å²) in [4.78, 5) is 24.6. The zero-order chi connectivity index (χ0) is 16.8. The second-order valence-electron chi connectivity index (χ2n) is 5.62. The maximum atomic E-state index is 12.2. The summed E-state index contributed by atoms with van der Waals surface area (Å²) < 4.78 is 28.4. The Hall–Kier alpha value is -2.18. The first-order valence-electron chi connectivity index (χ1n) is 7.47. The molecule has 0 saturated carbocycles. The Balaban J connectivity index is 1.82. The first kappa shape index (κ1) is 17.2. The minimum Gasteiger partial charge on any atom is -0.481 e. The van der Waals surface area contributed by atoms with Crippen molar-refractivity contribution < 1.29 is 28.2 Å². The van der Waals surface area contributed by atoms with Crippen molar-refractivity contribution in [1.29, 1.82) is 0 Å². The molecule has 0 atom stereocenters. The topological polar surface area (TPSA) is 66.8 Å². The van der Waals surface area contributed by atoms with Gasteiger partial charge in [-0.1, -0.05) is 12.1 Å². The summed E-state index contributed by atoms with van der Waals surface area (Å²) in [6.07, 6.45) is 1.73. The second-order valence-corrected chi connectivity index (χ2v) is 5.62. The molecule has 0 unspecified atom stereocenters. The Bertz CT molecular complexity index is 540. The molecule has 2 rings (SSSR count). The van der Waals surface area contributed by atoms with E-state index < -0.39 is 12.6 Å². The van der Waals surface area contributed by atoms with Crippen LogP contribution in [-0.2, 0) is 16.0 Å². The molecule has 0 aromatic heterocycles. The smallest absolute Gasteiger partial charge is 0.387 e. The Morgan fingerprint density at radius 1 is 1.22 bits per heavy atom. The van der Waals surface area contributed by atoms with Crippen molar-refractivity contribution in [2.45, 2.75) is 32.3 Å². The van der Waals surface area contributed by atoms with Gasteiger partial charge in [0.1, 0.15) is 5.75 Å². The number of aliphatic carboxylic acids is 1. The fraction of sp³-hybridized carbons (Fsp3) is 0.500. The van der Waals surface area contributed by atoms with Gasteiger partial charge < -0.3 is 14.7 Å². The quantitative estimate of drug-likeness (QED) is 0.872. The Morgan fingerprint density at radius 2 is 1.83 bits per heavy atom. The SMILES string of the molecule is O=C(O)CC1CCN(C(=O)Cc2ccc(OC(F)F)cc2)CC1. The summed E-state index contributed by atoms with van der Waals surface area (Å²) >= 11 is 0. The fourth-order valence-electron chi connectivity index (χ4n) is 2.71. The molecule has 23 heavy (non-hydrogen) atoms. The van der Waals surface area contributed by atoms with Crippen LogP contribution in [0.15, 0.2) is 24.3 Å². The summed E-state index contributed by atoms with van der Waals surface area (Å²) in [6, 6.07) is 6.00. The van der Waals surface area contributed by atoms with Crippen LogP contribution in [0, 0.1) is 5.92 Å². The number of alkyl halides is 2. The number of ether oxygens (including phenoxy) is 1. The highest BCUT2D eigenvalue weighted by atomic mass is 19.3. The van der Waals surface area contributed by atoms with E-state index in [1.54, 1.807) is 17.0 Å². The highest BCUT2D eigenvalue weighted by Gasteiger charge is 2.24. The number of benzene rings is 1. The van der Waals surface area contributed by atoms with Gasteiger partial charge in [-0.25, -0.2) is 0 Å². The molecule has 0 radical (unpaired) electrons. The Morgan fingerprint density at radius 3 is 2.35 bits per heavy atom. The first-order chi connectivity index (χ1) is 10.9. The van der Waals surface area contributed by atoms with Gasteiger partial charge in [0, 0.05) is 19.5 Å². The van der Waals surface area contributed by atoms with Gasteiger partial charge in [0.15, 0.2) is 0 Å². The number of nitrogens with zero attached hydrogens (tertiary/aromatic N) is 1. The van der Waals surface area contributed by atoms with E-state index in [9.17, 15) is 18.4 Å². The normalized spacial score (nSPS) is 15.7. The first-order valence-corrected chi connectivity index (χ1v) is 7.47. The number of hydrogen-bond donors (Lipinski definition) is 1. The van der Waals surface area contributed by atoms with Gasteiger partial charge in [0.25, 0.3) is 0 Å². The lowest BCUT2D eigenvalue weighted by molar-refractivity contribution is -0.138. The van der Waals surface area contributed by atoms with Gasteiger partial charge in [0.2, 0.25) is 5.91 Å². The molecule has 7 heteroatoms. The molecule has 0 bridgehead atoms. The zero-order valence-corrected chi connectivity index (χ0v) is 12.6. The summed E-state index contributed by atoms with van der Waals surface area (Å²) in [5.74, 6) is -0.657. The van der Waals surface area contributed by atoms with Gasteiger partial charge in [-0.2, -0.15) is 8.78 Å². The summed E-state index contributed by atoms with van der Waals surface area (Å²) in [6.45, 7) is -1.75. The molecule has 1 saturated heterocycles. The molecule has 1 aliphatic heterocycles. The van der Waals surface area contributed by atoms with Gasteiger partial charge in [-0.15, -0.1) is 0 Å². The molecule has 1 aliphatic rings. The number of carboxylic acid groups (broad SMARTS) is 1. The van der Waals surface area contributed by atoms with Crippen LogP contribution >= 0.6 is 0 Å². The van der Waals surface area contributed by atoms with Crippen molar-refractivity contribution in [2.24, 2.45) is 5.92 Å². The molecule has 1 fully saturated rings. The monoisotopic (exact) mass is 327 g/mol. The number of rotatable bonds is 6. The standard InChI is InChI=1S/C16H19F2NO4/c17-16(18)23-13-3-1-11(2-4-13)9-14(20)19-7-5-12(6-8-19)10-15(21)22/h1-4,12,16H,5-10H2,(H,21,22). The number of carbonyl (C=O) groups is 2. The molecule has 5 nitrogen and oxygen atoms in total. The minimum absolute atomic E-state index is 0.0405. The molecular formula is C16H19F2NO4. The predicted molar refractivity (Wildman–Crippen MR) is 78.3 cm³/mol. The maximum Gasteiger partial charge on any atom is 0.387 e. The molecule has 126 valence electrons. The fourth-order valence-corrected chi connectivity index (χ4v) is 2.71. The number of amides is 1. The Labute approximate surface area is 132 Å². The van der Waals surface area contributed by atoms with Gasteiger partial charge >= 0.3 is 12.6 Å². The third kappa shape index (κ3) is 5.50. The van der Waals surface area contributed by atoms with Gasteiger partial charge in [0.05, 0.1) is 6.42 Å². The van der Waals surface area contributed by atoms with Crippen molar-refractivity contribution >= 4 is 11.9 Å². The highest BCUT2D eigenvalue weighted by Crippen LogP contribution is 2.21. The highest BCUT2D eigenvalue weighted by molar-refractivity contribution is 5.79. The average molecular weight is 327 g/mol. The van der Waals surface area contributed by atoms with Crippen molar-refractivity contribution in [3.63, 3.8) is 0 Å². The lowest BCUT2D eigenvalue weighted by Gasteiger charge is -2.31. The van der Waals surface area contributed by atoms with E-state index in [0.717, 1.165) is 5.56 Å². The molecule has 0 aliphatic carbocycles. The predicted octanol–water partition coefficient (Wildman–Crippen LogP) is 2.54. The third-order valence-electron chi connectivity index (χ3n) is 3.93. The molecule has 1 heterocycles. The van der Waals surface area contributed by atoms with Crippen LogP contribution in [0.5, 0.6) is 5.75 Å². The van der Waals surface area contributed by atoms with Crippen molar-refractivity contribution in [2.75, 3.05) is 13.1 Å². The van der Waals surface area contributed by atoms with E-state index in [0.29, 0.717) is 25.9 Å². The number of piperidine rings is 1. The summed E-state index contributed by atoms with van der Waals surface area (Å²) in [5, 5.41) is 8.77. The van der Waals surface area contributed by atoms with Crippen LogP contribution in [0.3, 0.4) is 0 Å². The van der Waals surface area contributed by atoms with Crippen LogP contribution in [0.2, 0.25) is 0 Å². The van der Waals surface area contributed by atoms with E-state index in [1.807, 2.05) is 0 Å². The number of hydrogen-bond acceptors (Lipinski definition) is 3. The lowest BCUT2D eigenvalue weighted by atomic mass is 9.93. The average Bonchev–Trinajstić information content (AvgIpc) is 2.49. The van der Waals surface area contributed by atoms with Crippen molar-refractivity contribution in [3.8, 4) is 5.75 Å². The lowest BCUT2D eigenvalue weighted by Crippen LogP contribution is -2.39. The van der Waals surface area contributed by atoms with E-state index >= 15 is 0 Å². The van der Waals surface area contributed by atoms with Gasteiger partial charge in [-0.3, -0.25) is 9.59 Å². The molecule has 1 aromatic rings. The maximum absolute atomic E-state index is 12.2. The van der Waals surface area contributed by atoms with Crippen LogP contribution in [-0.4, -0.2) is 41.6 Å². The molecule has 1 amide bonds. The number of carbonyl (C=O) groups excluding carboxylic acids is 1. The largest absolute Gasteiger partial charge is 0.481 e. The number of carboxylic acids is 1. The van der Waals surface area contributed by atoms with Crippen LogP contribution in [0.1, 0.15) is 24.8 Å². The molecule has 0 spiro atoms. The summed E-state index contributed by atoms with van der Waals surface area (Å²) in [5.41, 5.74) is 0.726. The molecular weight excluding hydrogens is 308 g/mol. The van der Waals surface area contributed by atoms with Crippen LogP contribution < -0.4 is 4.74 Å². The number of likely N-dealkylation sites (tertiary alicyclic amines) is 1. The van der Waals surface area contributed by atoms with E-state index in [1.165, 1.54) is 12.1 Å². The molecule has 1 aromatic carbocycles.